The summed E-state index contributed by atoms with van der Waals surface area (Å²) in [6.45, 7) is 7.79. The quantitative estimate of drug-likeness (QED) is 0.607. The summed E-state index contributed by atoms with van der Waals surface area (Å²) in [5.74, 6) is 1.35. The van der Waals surface area contributed by atoms with E-state index in [-0.39, 0.29) is 30.4 Å². The largest absolute Gasteiger partial charge is 0.490 e. The number of carbonyl (C=O) groups is 1. The van der Waals surface area contributed by atoms with E-state index >= 15 is 0 Å². The van der Waals surface area contributed by atoms with Gasteiger partial charge in [0.25, 0.3) is 0 Å². The summed E-state index contributed by atoms with van der Waals surface area (Å²) in [7, 11) is 0. The van der Waals surface area contributed by atoms with E-state index in [2.05, 4.69) is 24.5 Å². The molecule has 7 heteroatoms. The van der Waals surface area contributed by atoms with Gasteiger partial charge >= 0.3 is 0 Å². The van der Waals surface area contributed by atoms with Crippen molar-refractivity contribution in [1.29, 1.82) is 0 Å². The van der Waals surface area contributed by atoms with E-state index in [0.717, 1.165) is 24.2 Å². The third-order valence-electron chi connectivity index (χ3n) is 4.17. The highest BCUT2D eigenvalue weighted by atomic mass is 35.5. The van der Waals surface area contributed by atoms with Crippen molar-refractivity contribution in [2.24, 2.45) is 0 Å². The minimum Gasteiger partial charge on any atom is -0.490 e. The second-order valence-corrected chi connectivity index (χ2v) is 6.48. The number of amides is 1. The number of aliphatic hydroxyl groups is 1. The SMILES string of the molecule is CCCOc1ccc(C(C)NC(=O)C2CC(O)CN2)cc1OCCC.Cl. The molecule has 1 heterocycles. The molecule has 1 aliphatic heterocycles. The Morgan fingerprint density at radius 3 is 2.50 bits per heavy atom. The van der Waals surface area contributed by atoms with Crippen molar-refractivity contribution in [3.05, 3.63) is 23.8 Å². The number of nitrogens with one attached hydrogen (secondary N) is 2. The number of rotatable bonds is 9. The minimum atomic E-state index is -0.449. The number of hydrogen-bond donors (Lipinski definition) is 3. The number of hydrogen-bond acceptors (Lipinski definition) is 5. The van der Waals surface area contributed by atoms with Gasteiger partial charge in [-0.3, -0.25) is 4.79 Å². The molecule has 2 rings (SSSR count). The molecule has 0 saturated carbocycles. The molecule has 3 N–H and O–H groups in total. The van der Waals surface area contributed by atoms with Crippen molar-refractivity contribution in [2.75, 3.05) is 19.8 Å². The monoisotopic (exact) mass is 386 g/mol. The number of carbonyl (C=O) groups excluding carboxylic acids is 1. The second-order valence-electron chi connectivity index (χ2n) is 6.48. The van der Waals surface area contributed by atoms with Crippen molar-refractivity contribution in [1.82, 2.24) is 10.6 Å². The average Bonchev–Trinajstić information content (AvgIpc) is 3.05. The Balaban J connectivity index is 0.00000338. The maximum absolute atomic E-state index is 12.3. The molecular formula is C19H31ClN2O4. The Bertz CT molecular complexity index is 570. The number of benzene rings is 1. The Kier molecular flexibility index (Phi) is 9.76. The van der Waals surface area contributed by atoms with Gasteiger partial charge in [0.05, 0.1) is 31.4 Å². The van der Waals surface area contributed by atoms with Gasteiger partial charge in [0, 0.05) is 6.54 Å². The molecule has 0 bridgehead atoms. The fourth-order valence-electron chi connectivity index (χ4n) is 2.76. The van der Waals surface area contributed by atoms with Gasteiger partial charge < -0.3 is 25.2 Å². The molecule has 148 valence electrons. The molecule has 0 aliphatic carbocycles. The Morgan fingerprint density at radius 1 is 1.27 bits per heavy atom. The highest BCUT2D eigenvalue weighted by molar-refractivity contribution is 5.85. The predicted octanol–water partition coefficient (Wildman–Crippen LogP) is 2.59. The normalized spacial score (nSPS) is 20.2. The van der Waals surface area contributed by atoms with Crippen LogP contribution in [0.4, 0.5) is 0 Å². The zero-order valence-corrected chi connectivity index (χ0v) is 16.6. The molecule has 1 aromatic rings. The molecule has 0 spiro atoms. The minimum absolute atomic E-state index is 0. The lowest BCUT2D eigenvalue weighted by atomic mass is 10.1. The first-order chi connectivity index (χ1) is 12.0. The van der Waals surface area contributed by atoms with Crippen LogP contribution in [-0.2, 0) is 4.79 Å². The van der Waals surface area contributed by atoms with Crippen LogP contribution < -0.4 is 20.1 Å². The molecule has 3 unspecified atom stereocenters. The second kappa shape index (κ2) is 11.3. The molecule has 1 aliphatic rings. The van der Waals surface area contributed by atoms with Gasteiger partial charge in [0.1, 0.15) is 0 Å². The summed E-state index contributed by atoms with van der Waals surface area (Å²) >= 11 is 0. The summed E-state index contributed by atoms with van der Waals surface area (Å²) in [6.07, 6.45) is 1.85. The summed E-state index contributed by atoms with van der Waals surface area (Å²) in [4.78, 5) is 12.3. The Hall–Kier alpha value is -1.50. The molecule has 6 nitrogen and oxygen atoms in total. The topological polar surface area (TPSA) is 79.8 Å². The fourth-order valence-corrected chi connectivity index (χ4v) is 2.76. The Labute approximate surface area is 162 Å². The standard InChI is InChI=1S/C19H30N2O4.ClH/c1-4-8-24-17-7-6-14(10-18(17)25-9-5-2)13(3)21-19(23)16-11-15(22)12-20-16;/h6-7,10,13,15-16,20,22H,4-5,8-9,11-12H2,1-3H3,(H,21,23);1H. The number of β-amino-alcohol motifs (C(OH)–C–C–N with tert-alkyl or cyclic N) is 1. The third-order valence-corrected chi connectivity index (χ3v) is 4.17. The Morgan fingerprint density at radius 2 is 1.92 bits per heavy atom. The average molecular weight is 387 g/mol. The summed E-state index contributed by atoms with van der Waals surface area (Å²) < 4.78 is 11.6. The molecule has 3 atom stereocenters. The fraction of sp³-hybridized carbons (Fsp3) is 0.632. The molecule has 26 heavy (non-hydrogen) atoms. The van der Waals surface area contributed by atoms with E-state index < -0.39 is 6.10 Å². The lowest BCUT2D eigenvalue weighted by Gasteiger charge is -2.19. The molecular weight excluding hydrogens is 356 g/mol. The van der Waals surface area contributed by atoms with E-state index in [0.29, 0.717) is 31.9 Å². The van der Waals surface area contributed by atoms with Crippen molar-refractivity contribution in [3.63, 3.8) is 0 Å². The van der Waals surface area contributed by atoms with Crippen LogP contribution in [0.1, 0.15) is 51.6 Å². The van der Waals surface area contributed by atoms with Crippen molar-refractivity contribution < 1.29 is 19.4 Å². The van der Waals surface area contributed by atoms with E-state index in [1.54, 1.807) is 0 Å². The maximum atomic E-state index is 12.3. The number of halogens is 1. The van der Waals surface area contributed by atoms with Crippen LogP contribution in [-0.4, -0.2) is 42.9 Å². The van der Waals surface area contributed by atoms with Gasteiger partial charge in [-0.05, 0) is 43.9 Å². The van der Waals surface area contributed by atoms with Crippen LogP contribution in [0.5, 0.6) is 11.5 Å². The van der Waals surface area contributed by atoms with E-state index in [1.165, 1.54) is 0 Å². The van der Waals surface area contributed by atoms with Gasteiger partial charge in [0.15, 0.2) is 11.5 Å². The summed E-state index contributed by atoms with van der Waals surface area (Å²) in [6, 6.07) is 5.29. The van der Waals surface area contributed by atoms with Crippen LogP contribution in [0.25, 0.3) is 0 Å². The number of aliphatic hydroxyl groups excluding tert-OH is 1. The first kappa shape index (κ1) is 22.5. The molecule has 1 fully saturated rings. The van der Waals surface area contributed by atoms with Crippen molar-refractivity contribution >= 4 is 18.3 Å². The smallest absolute Gasteiger partial charge is 0.237 e. The third kappa shape index (κ3) is 6.34. The zero-order chi connectivity index (χ0) is 18.2. The van der Waals surface area contributed by atoms with Gasteiger partial charge in [0.2, 0.25) is 5.91 Å². The highest BCUT2D eigenvalue weighted by Crippen LogP contribution is 2.31. The van der Waals surface area contributed by atoms with E-state index in [9.17, 15) is 9.90 Å². The molecule has 1 amide bonds. The predicted molar refractivity (Wildman–Crippen MR) is 104 cm³/mol. The summed E-state index contributed by atoms with van der Waals surface area (Å²) in [5, 5.41) is 15.6. The van der Waals surface area contributed by atoms with Crippen LogP contribution in [0.2, 0.25) is 0 Å². The number of ether oxygens (including phenoxy) is 2. The van der Waals surface area contributed by atoms with Crippen LogP contribution >= 0.6 is 12.4 Å². The summed E-state index contributed by atoms with van der Waals surface area (Å²) in [5.41, 5.74) is 0.960. The lowest BCUT2D eigenvalue weighted by molar-refractivity contribution is -0.123. The maximum Gasteiger partial charge on any atom is 0.237 e. The van der Waals surface area contributed by atoms with E-state index in [4.69, 9.17) is 9.47 Å². The van der Waals surface area contributed by atoms with Gasteiger partial charge in [-0.25, -0.2) is 0 Å². The molecule has 1 saturated heterocycles. The molecule has 1 aromatic carbocycles. The van der Waals surface area contributed by atoms with E-state index in [1.807, 2.05) is 25.1 Å². The highest BCUT2D eigenvalue weighted by Gasteiger charge is 2.28. The first-order valence-electron chi connectivity index (χ1n) is 9.16. The van der Waals surface area contributed by atoms with Crippen molar-refractivity contribution in [2.45, 2.75) is 58.2 Å². The first-order valence-corrected chi connectivity index (χ1v) is 9.16. The lowest BCUT2D eigenvalue weighted by Crippen LogP contribution is -2.41. The van der Waals surface area contributed by atoms with Gasteiger partial charge in [-0.1, -0.05) is 19.9 Å². The van der Waals surface area contributed by atoms with Crippen molar-refractivity contribution in [3.8, 4) is 11.5 Å². The molecule has 0 aromatic heterocycles. The van der Waals surface area contributed by atoms with Crippen LogP contribution in [0.3, 0.4) is 0 Å². The van der Waals surface area contributed by atoms with Gasteiger partial charge in [-0.15, -0.1) is 12.4 Å². The zero-order valence-electron chi connectivity index (χ0n) is 15.8. The molecule has 0 radical (unpaired) electrons. The van der Waals surface area contributed by atoms with Crippen LogP contribution in [0, 0.1) is 0 Å². The van der Waals surface area contributed by atoms with Crippen LogP contribution in [0.15, 0.2) is 18.2 Å². The van der Waals surface area contributed by atoms with Gasteiger partial charge in [-0.2, -0.15) is 0 Å².